The number of halogens is 1. The normalized spacial score (nSPS) is 19.0. The first-order chi connectivity index (χ1) is 12.8. The third-order valence-electron chi connectivity index (χ3n) is 4.40. The van der Waals surface area contributed by atoms with Crippen LogP contribution in [0.1, 0.15) is 12.1 Å². The summed E-state index contributed by atoms with van der Waals surface area (Å²) in [6.07, 6.45) is 8.02. The molecular weight excluding hydrogens is 371 g/mol. The van der Waals surface area contributed by atoms with Crippen molar-refractivity contribution in [3.63, 3.8) is 0 Å². The van der Waals surface area contributed by atoms with Crippen molar-refractivity contribution in [3.05, 3.63) is 60.2 Å². The topological polar surface area (TPSA) is 111 Å². The maximum absolute atomic E-state index is 14.2. The molecule has 0 saturated heterocycles. The number of rotatable bonds is 5. The van der Waals surface area contributed by atoms with Crippen LogP contribution in [-0.2, 0) is 21.3 Å². The molecule has 0 amide bonds. The summed E-state index contributed by atoms with van der Waals surface area (Å²) in [5, 5.41) is 18.9. The van der Waals surface area contributed by atoms with Gasteiger partial charge >= 0.3 is 0 Å². The number of nitrogens with two attached hydrogens (primary N) is 1. The maximum atomic E-state index is 14.2. The van der Waals surface area contributed by atoms with Crippen molar-refractivity contribution in [1.82, 2.24) is 9.78 Å². The highest BCUT2D eigenvalue weighted by atomic mass is 32.2. The molecule has 9 heteroatoms. The minimum atomic E-state index is -4.11. The monoisotopic (exact) mass is 388 g/mol. The number of hydrogen-bond acceptors (Lipinski definition) is 5. The zero-order chi connectivity index (χ0) is 19.7. The van der Waals surface area contributed by atoms with E-state index in [-0.39, 0.29) is 24.4 Å². The summed E-state index contributed by atoms with van der Waals surface area (Å²) >= 11 is 0. The molecule has 0 aliphatic heterocycles. The van der Waals surface area contributed by atoms with Crippen molar-refractivity contribution in [2.45, 2.75) is 17.7 Å². The molecule has 1 aliphatic rings. The van der Waals surface area contributed by atoms with Gasteiger partial charge in [-0.1, -0.05) is 30.4 Å². The largest absolute Gasteiger partial charge is 0.494 e. The summed E-state index contributed by atoms with van der Waals surface area (Å²) in [6.45, 7) is -0.0914. The summed E-state index contributed by atoms with van der Waals surface area (Å²) in [5.41, 5.74) is 0.921. The molecule has 0 spiro atoms. The zero-order valence-corrected chi connectivity index (χ0v) is 15.3. The van der Waals surface area contributed by atoms with Crippen LogP contribution < -0.4 is 9.88 Å². The highest BCUT2D eigenvalue weighted by Crippen LogP contribution is 2.41. The Morgan fingerprint density at radius 3 is 2.78 bits per heavy atom. The summed E-state index contributed by atoms with van der Waals surface area (Å²) < 4.78 is 43.9. The van der Waals surface area contributed by atoms with Gasteiger partial charge in [-0.15, -0.1) is 0 Å². The summed E-state index contributed by atoms with van der Waals surface area (Å²) in [6, 6.07) is 6.22. The molecule has 2 aromatic rings. The number of nitriles is 1. The molecule has 1 aliphatic carbocycles. The van der Waals surface area contributed by atoms with Crippen LogP contribution in [0.25, 0.3) is 11.1 Å². The smallest absolute Gasteiger partial charge is 0.224 e. The van der Waals surface area contributed by atoms with Crippen LogP contribution in [0.3, 0.4) is 0 Å². The Morgan fingerprint density at radius 1 is 1.44 bits per heavy atom. The van der Waals surface area contributed by atoms with E-state index >= 15 is 0 Å². The van der Waals surface area contributed by atoms with Gasteiger partial charge in [0.05, 0.1) is 18.9 Å². The van der Waals surface area contributed by atoms with Crippen LogP contribution in [-0.4, -0.2) is 25.3 Å². The molecule has 0 radical (unpaired) electrons. The van der Waals surface area contributed by atoms with Crippen molar-refractivity contribution >= 4 is 10.0 Å². The third-order valence-corrected chi connectivity index (χ3v) is 5.91. The SMILES string of the molecule is COc1ccc(-c2cn(CC#N)nc2C2(S(N)(=O)=O)C=CC=CC2)cc1F. The predicted molar refractivity (Wildman–Crippen MR) is 97.5 cm³/mol. The van der Waals surface area contributed by atoms with Gasteiger partial charge in [-0.3, -0.25) is 4.68 Å². The Balaban J connectivity index is 2.27. The second-order valence-corrected chi connectivity index (χ2v) is 7.84. The fourth-order valence-electron chi connectivity index (χ4n) is 3.05. The fourth-order valence-corrected chi connectivity index (χ4v) is 4.07. The van der Waals surface area contributed by atoms with E-state index in [9.17, 15) is 12.8 Å². The Labute approximate surface area is 156 Å². The van der Waals surface area contributed by atoms with Gasteiger partial charge in [0.25, 0.3) is 0 Å². The van der Waals surface area contributed by atoms with Crippen molar-refractivity contribution in [1.29, 1.82) is 5.26 Å². The molecule has 0 fully saturated rings. The number of methoxy groups -OCH3 is 1. The molecule has 1 atom stereocenters. The molecule has 1 aromatic carbocycles. The van der Waals surface area contributed by atoms with Gasteiger partial charge in [-0.2, -0.15) is 10.4 Å². The number of primary sulfonamides is 1. The Bertz CT molecular complexity index is 1080. The van der Waals surface area contributed by atoms with E-state index in [4.69, 9.17) is 15.1 Å². The number of hydrogen-bond donors (Lipinski definition) is 1. The van der Waals surface area contributed by atoms with Gasteiger partial charge in [0, 0.05) is 11.8 Å². The lowest BCUT2D eigenvalue weighted by Gasteiger charge is -2.28. The molecule has 3 rings (SSSR count). The second-order valence-electron chi connectivity index (χ2n) is 6.02. The van der Waals surface area contributed by atoms with Gasteiger partial charge < -0.3 is 4.74 Å². The summed E-state index contributed by atoms with van der Waals surface area (Å²) in [7, 11) is -2.76. The third kappa shape index (κ3) is 3.25. The lowest BCUT2D eigenvalue weighted by atomic mass is 9.91. The van der Waals surface area contributed by atoms with Crippen LogP contribution in [0.15, 0.2) is 48.7 Å². The average molecular weight is 388 g/mol. The number of allylic oxidation sites excluding steroid dienone is 3. The average Bonchev–Trinajstić information content (AvgIpc) is 3.06. The molecule has 1 aromatic heterocycles. The first-order valence-electron chi connectivity index (χ1n) is 7.98. The van der Waals surface area contributed by atoms with Crippen LogP contribution in [0, 0.1) is 17.1 Å². The van der Waals surface area contributed by atoms with E-state index in [2.05, 4.69) is 5.10 Å². The van der Waals surface area contributed by atoms with E-state index in [0.717, 1.165) is 0 Å². The molecule has 2 N–H and O–H groups in total. The van der Waals surface area contributed by atoms with Gasteiger partial charge in [0.2, 0.25) is 10.0 Å². The minimum absolute atomic E-state index is 0.0615. The first kappa shape index (κ1) is 18.8. The maximum Gasteiger partial charge on any atom is 0.224 e. The van der Waals surface area contributed by atoms with E-state index in [1.165, 1.54) is 36.2 Å². The van der Waals surface area contributed by atoms with Crippen molar-refractivity contribution in [2.75, 3.05) is 7.11 Å². The summed E-state index contributed by atoms with van der Waals surface area (Å²) in [5.74, 6) is -0.538. The van der Waals surface area contributed by atoms with Crippen LogP contribution >= 0.6 is 0 Å². The van der Waals surface area contributed by atoms with E-state index < -0.39 is 20.6 Å². The number of benzene rings is 1. The Kier molecular flexibility index (Phi) is 4.87. The molecule has 1 heterocycles. The van der Waals surface area contributed by atoms with E-state index in [0.29, 0.717) is 11.1 Å². The van der Waals surface area contributed by atoms with Gasteiger partial charge in [-0.25, -0.2) is 17.9 Å². The quantitative estimate of drug-likeness (QED) is 0.844. The van der Waals surface area contributed by atoms with Crippen LogP contribution in [0.4, 0.5) is 4.39 Å². The fraction of sp³-hybridized carbons (Fsp3) is 0.222. The lowest BCUT2D eigenvalue weighted by molar-refractivity contribution is 0.386. The predicted octanol–water partition coefficient (Wildman–Crippen LogP) is 2.22. The van der Waals surface area contributed by atoms with E-state index in [1.54, 1.807) is 24.3 Å². The van der Waals surface area contributed by atoms with Gasteiger partial charge in [-0.05, 0) is 24.1 Å². The molecule has 7 nitrogen and oxygen atoms in total. The molecule has 27 heavy (non-hydrogen) atoms. The van der Waals surface area contributed by atoms with Crippen LogP contribution in [0.2, 0.25) is 0 Å². The standard InChI is InChI=1S/C18H17FN4O3S/c1-26-16-6-5-13(11-15(16)19)14-12-23(10-9-20)22-17(14)18(27(21,24)25)7-3-2-4-8-18/h2-7,11-12H,8,10H2,1H3,(H2,21,24,25). The van der Waals surface area contributed by atoms with Crippen LogP contribution in [0.5, 0.6) is 5.75 Å². The van der Waals surface area contributed by atoms with Crippen molar-refractivity contribution < 1.29 is 17.5 Å². The molecule has 0 bridgehead atoms. The van der Waals surface area contributed by atoms with Crippen molar-refractivity contribution in [3.8, 4) is 22.9 Å². The molecule has 0 saturated carbocycles. The Morgan fingerprint density at radius 2 is 2.22 bits per heavy atom. The molecule has 1 unspecified atom stereocenters. The Hall–Kier alpha value is -2.96. The lowest BCUT2D eigenvalue weighted by Crippen LogP contribution is -2.40. The number of ether oxygens (including phenoxy) is 1. The first-order valence-corrected chi connectivity index (χ1v) is 9.52. The molecule has 140 valence electrons. The van der Waals surface area contributed by atoms with E-state index in [1.807, 2.05) is 6.07 Å². The number of sulfonamides is 1. The highest BCUT2D eigenvalue weighted by Gasteiger charge is 2.45. The highest BCUT2D eigenvalue weighted by molar-refractivity contribution is 7.90. The number of nitrogens with zero attached hydrogens (tertiary/aromatic N) is 3. The van der Waals surface area contributed by atoms with Gasteiger partial charge in [0.15, 0.2) is 16.3 Å². The second kappa shape index (κ2) is 6.98. The molecular formula is C18H17FN4O3S. The van der Waals surface area contributed by atoms with Gasteiger partial charge in [0.1, 0.15) is 6.54 Å². The summed E-state index contributed by atoms with van der Waals surface area (Å²) in [4.78, 5) is 0. The zero-order valence-electron chi connectivity index (χ0n) is 14.5. The minimum Gasteiger partial charge on any atom is -0.494 e. The number of aromatic nitrogens is 2. The van der Waals surface area contributed by atoms with Crippen molar-refractivity contribution in [2.24, 2.45) is 5.14 Å².